The van der Waals surface area contributed by atoms with E-state index in [0.29, 0.717) is 5.56 Å². The van der Waals surface area contributed by atoms with Gasteiger partial charge in [-0.25, -0.2) is 0 Å². The average molecular weight is 246 g/mol. The van der Waals surface area contributed by atoms with E-state index < -0.39 is 0 Å². The van der Waals surface area contributed by atoms with E-state index in [2.05, 4.69) is 4.98 Å². The summed E-state index contributed by atoms with van der Waals surface area (Å²) in [4.78, 5) is 16.3. The molecule has 0 aliphatic carbocycles. The minimum atomic E-state index is -0.365. The number of benzene rings is 1. The molecule has 0 fully saturated rings. The molecule has 0 aliphatic heterocycles. The highest BCUT2D eigenvalue weighted by Crippen LogP contribution is 2.30. The van der Waals surface area contributed by atoms with Gasteiger partial charge in [-0.2, -0.15) is 0 Å². The van der Waals surface area contributed by atoms with Gasteiger partial charge in [-0.05, 0) is 31.2 Å². The van der Waals surface area contributed by atoms with Crippen LogP contribution in [0.25, 0.3) is 0 Å². The second kappa shape index (κ2) is 4.97. The zero-order valence-corrected chi connectivity index (χ0v) is 9.98. The van der Waals surface area contributed by atoms with Crippen molar-refractivity contribution in [1.82, 2.24) is 4.98 Å². The van der Waals surface area contributed by atoms with Crippen LogP contribution in [0.2, 0.25) is 0 Å². The Bertz CT molecular complexity index is 543. The fourth-order valence-corrected chi connectivity index (χ4v) is 2.34. The van der Waals surface area contributed by atoms with Crippen LogP contribution < -0.4 is 0 Å². The summed E-state index contributed by atoms with van der Waals surface area (Å²) in [6.45, 7) is 1.74. The highest BCUT2D eigenvalue weighted by atomic mass is 32.2. The molecule has 0 atom stereocenters. The highest BCUT2D eigenvalue weighted by molar-refractivity contribution is 7.99. The molecule has 0 bridgehead atoms. The minimum absolute atomic E-state index is 0.157. The third kappa shape index (κ3) is 2.82. The molecular formula is C12H10N2O2S. The van der Waals surface area contributed by atoms with Gasteiger partial charge >= 0.3 is 0 Å². The third-order valence-corrected chi connectivity index (χ3v) is 3.25. The number of nitro benzene ring substituents is 1. The van der Waals surface area contributed by atoms with Crippen LogP contribution in [0.3, 0.4) is 0 Å². The number of pyridine rings is 1. The molecule has 1 heterocycles. The molecule has 5 heteroatoms. The zero-order chi connectivity index (χ0) is 12.3. The molecule has 0 saturated carbocycles. The van der Waals surface area contributed by atoms with Crippen LogP contribution in [0.5, 0.6) is 0 Å². The second-order valence-electron chi connectivity index (χ2n) is 3.49. The summed E-state index contributed by atoms with van der Waals surface area (Å²) in [5.41, 5.74) is 0.832. The van der Waals surface area contributed by atoms with Gasteiger partial charge in [-0.15, -0.1) is 0 Å². The molecule has 0 radical (unpaired) electrons. The van der Waals surface area contributed by atoms with Crippen LogP contribution in [0.15, 0.2) is 52.5 Å². The van der Waals surface area contributed by atoms with E-state index >= 15 is 0 Å². The Morgan fingerprint density at radius 1 is 1.18 bits per heavy atom. The molecule has 86 valence electrons. The maximum atomic E-state index is 10.7. The summed E-state index contributed by atoms with van der Waals surface area (Å²) < 4.78 is 0. The predicted molar refractivity (Wildman–Crippen MR) is 66.2 cm³/mol. The number of hydrogen-bond acceptors (Lipinski definition) is 4. The van der Waals surface area contributed by atoms with Gasteiger partial charge in [-0.3, -0.25) is 15.1 Å². The molecule has 0 N–H and O–H groups in total. The van der Waals surface area contributed by atoms with Crippen molar-refractivity contribution in [2.24, 2.45) is 0 Å². The van der Waals surface area contributed by atoms with Gasteiger partial charge < -0.3 is 0 Å². The van der Waals surface area contributed by atoms with E-state index in [-0.39, 0.29) is 10.6 Å². The summed E-state index contributed by atoms with van der Waals surface area (Å²) in [6.07, 6.45) is 3.45. The third-order valence-electron chi connectivity index (χ3n) is 2.25. The van der Waals surface area contributed by atoms with Crippen molar-refractivity contribution in [2.45, 2.75) is 16.7 Å². The Kier molecular flexibility index (Phi) is 3.39. The maximum Gasteiger partial charge on any atom is 0.272 e. The Balaban J connectivity index is 2.24. The van der Waals surface area contributed by atoms with Crippen molar-refractivity contribution in [2.75, 3.05) is 0 Å². The van der Waals surface area contributed by atoms with Crippen LogP contribution in [0.4, 0.5) is 5.69 Å². The molecule has 4 nitrogen and oxygen atoms in total. The van der Waals surface area contributed by atoms with Gasteiger partial charge in [0.15, 0.2) is 0 Å². The van der Waals surface area contributed by atoms with Gasteiger partial charge in [0.2, 0.25) is 0 Å². The largest absolute Gasteiger partial charge is 0.272 e. The molecule has 0 unspecified atom stereocenters. The Morgan fingerprint density at radius 2 is 1.88 bits per heavy atom. The van der Waals surface area contributed by atoms with E-state index in [1.165, 1.54) is 0 Å². The molecule has 2 rings (SSSR count). The number of hydrogen-bond donors (Lipinski definition) is 0. The van der Waals surface area contributed by atoms with Crippen LogP contribution in [0.1, 0.15) is 5.56 Å². The molecule has 2 aromatic rings. The zero-order valence-electron chi connectivity index (χ0n) is 9.16. The molecule has 17 heavy (non-hydrogen) atoms. The number of aryl methyl sites for hydroxylation is 1. The fraction of sp³-hybridized carbons (Fsp3) is 0.0833. The standard InChI is InChI=1S/C12H10N2O2S/c1-9-8-11(2-3-12(9)14(15)16)17-10-4-6-13-7-5-10/h2-8H,1H3. The summed E-state index contributed by atoms with van der Waals surface area (Å²) in [5.74, 6) is 0. The van der Waals surface area contributed by atoms with E-state index in [9.17, 15) is 10.1 Å². The smallest absolute Gasteiger partial charge is 0.265 e. The second-order valence-corrected chi connectivity index (χ2v) is 4.64. The summed E-state index contributed by atoms with van der Waals surface area (Å²) in [5, 5.41) is 10.7. The first-order chi connectivity index (χ1) is 8.16. The van der Waals surface area contributed by atoms with Crippen molar-refractivity contribution in [3.63, 3.8) is 0 Å². The van der Waals surface area contributed by atoms with Gasteiger partial charge in [0.05, 0.1) is 4.92 Å². The lowest BCUT2D eigenvalue weighted by Gasteiger charge is -2.03. The molecular weight excluding hydrogens is 236 g/mol. The fourth-order valence-electron chi connectivity index (χ4n) is 1.44. The minimum Gasteiger partial charge on any atom is -0.265 e. The number of aromatic nitrogens is 1. The average Bonchev–Trinajstić information content (AvgIpc) is 2.30. The molecule has 1 aromatic heterocycles. The molecule has 0 amide bonds. The van der Waals surface area contributed by atoms with Gasteiger partial charge in [0, 0.05) is 33.8 Å². The van der Waals surface area contributed by atoms with Crippen molar-refractivity contribution < 1.29 is 4.92 Å². The molecule has 0 spiro atoms. The number of nitro groups is 1. The van der Waals surface area contributed by atoms with Crippen molar-refractivity contribution in [3.8, 4) is 0 Å². The lowest BCUT2D eigenvalue weighted by Crippen LogP contribution is -1.91. The van der Waals surface area contributed by atoms with E-state index in [1.54, 1.807) is 43.2 Å². The maximum absolute atomic E-state index is 10.7. The first-order valence-corrected chi connectivity index (χ1v) is 5.81. The van der Waals surface area contributed by atoms with Gasteiger partial charge in [0.25, 0.3) is 5.69 Å². The van der Waals surface area contributed by atoms with Crippen LogP contribution >= 0.6 is 11.8 Å². The first-order valence-electron chi connectivity index (χ1n) is 5.00. The van der Waals surface area contributed by atoms with Crippen molar-refractivity contribution in [3.05, 3.63) is 58.4 Å². The number of nitrogens with zero attached hydrogens (tertiary/aromatic N) is 2. The molecule has 0 saturated heterocycles. The molecule has 1 aromatic carbocycles. The van der Waals surface area contributed by atoms with Gasteiger partial charge in [0.1, 0.15) is 0 Å². The number of rotatable bonds is 3. The van der Waals surface area contributed by atoms with Crippen LogP contribution in [-0.2, 0) is 0 Å². The van der Waals surface area contributed by atoms with E-state index in [0.717, 1.165) is 9.79 Å². The van der Waals surface area contributed by atoms with Crippen LogP contribution in [-0.4, -0.2) is 9.91 Å². The summed E-state index contributed by atoms with van der Waals surface area (Å²) in [6, 6.07) is 8.93. The topological polar surface area (TPSA) is 56.0 Å². The lowest BCUT2D eigenvalue weighted by molar-refractivity contribution is -0.385. The molecule has 0 aliphatic rings. The highest BCUT2D eigenvalue weighted by Gasteiger charge is 2.10. The van der Waals surface area contributed by atoms with E-state index in [1.807, 2.05) is 18.2 Å². The monoisotopic (exact) mass is 246 g/mol. The summed E-state index contributed by atoms with van der Waals surface area (Å²) in [7, 11) is 0. The van der Waals surface area contributed by atoms with Gasteiger partial charge in [-0.1, -0.05) is 11.8 Å². The Morgan fingerprint density at radius 3 is 2.47 bits per heavy atom. The SMILES string of the molecule is Cc1cc(Sc2ccncc2)ccc1[N+](=O)[O-]. The normalized spacial score (nSPS) is 10.2. The first kappa shape index (κ1) is 11.6. The van der Waals surface area contributed by atoms with Crippen molar-refractivity contribution in [1.29, 1.82) is 0 Å². The summed E-state index contributed by atoms with van der Waals surface area (Å²) >= 11 is 1.56. The Hall–Kier alpha value is -1.88. The quantitative estimate of drug-likeness (QED) is 0.614. The predicted octanol–water partition coefficient (Wildman–Crippen LogP) is 3.45. The Labute approximate surface area is 103 Å². The van der Waals surface area contributed by atoms with Crippen molar-refractivity contribution >= 4 is 17.4 Å². The lowest BCUT2D eigenvalue weighted by atomic mass is 10.2. The van der Waals surface area contributed by atoms with E-state index in [4.69, 9.17) is 0 Å². The van der Waals surface area contributed by atoms with Crippen LogP contribution in [0, 0.1) is 17.0 Å².